The fourth-order valence-electron chi connectivity index (χ4n) is 1.07. The van der Waals surface area contributed by atoms with Crippen molar-refractivity contribution in [2.45, 2.75) is 11.8 Å². The Morgan fingerprint density at radius 2 is 2.07 bits per heavy atom. The lowest BCUT2D eigenvalue weighted by Gasteiger charge is -2.05. The summed E-state index contributed by atoms with van der Waals surface area (Å²) in [5.74, 6) is 0.685. The summed E-state index contributed by atoms with van der Waals surface area (Å²) >= 11 is 1.68. The Balaban J connectivity index is 2.30. The van der Waals surface area contributed by atoms with Crippen LogP contribution in [0.1, 0.15) is 6.92 Å². The van der Waals surface area contributed by atoms with E-state index in [2.05, 4.69) is 18.8 Å². The van der Waals surface area contributed by atoms with Crippen LogP contribution in [0.3, 0.4) is 0 Å². The average molecular weight is 225 g/mol. The van der Waals surface area contributed by atoms with Crippen molar-refractivity contribution >= 4 is 11.8 Å². The summed E-state index contributed by atoms with van der Waals surface area (Å²) in [7, 11) is 0. The van der Waals surface area contributed by atoms with E-state index in [-0.39, 0.29) is 5.82 Å². The predicted octanol–water partition coefficient (Wildman–Crippen LogP) is 3.08. The molecular formula is C12H16FNS. The van der Waals surface area contributed by atoms with E-state index in [0.717, 1.165) is 29.3 Å². The summed E-state index contributed by atoms with van der Waals surface area (Å²) in [5, 5.41) is 3.22. The molecule has 82 valence electrons. The van der Waals surface area contributed by atoms with Gasteiger partial charge in [0.25, 0.3) is 0 Å². The second kappa shape index (κ2) is 6.64. The lowest BCUT2D eigenvalue weighted by molar-refractivity contribution is 0.626. The average Bonchev–Trinajstić information content (AvgIpc) is 2.25. The van der Waals surface area contributed by atoms with Crippen LogP contribution >= 0.6 is 11.8 Å². The van der Waals surface area contributed by atoms with Gasteiger partial charge in [-0.15, -0.1) is 11.8 Å². The van der Waals surface area contributed by atoms with Crippen molar-refractivity contribution in [1.29, 1.82) is 0 Å². The Bertz CT molecular complexity index is 308. The first-order chi connectivity index (χ1) is 7.22. The van der Waals surface area contributed by atoms with Gasteiger partial charge in [-0.3, -0.25) is 0 Å². The molecule has 1 rings (SSSR count). The van der Waals surface area contributed by atoms with Crippen LogP contribution in [0.5, 0.6) is 0 Å². The lowest BCUT2D eigenvalue weighted by atomic mass is 10.3. The molecule has 0 aliphatic heterocycles. The molecule has 0 saturated carbocycles. The van der Waals surface area contributed by atoms with Crippen molar-refractivity contribution < 1.29 is 4.39 Å². The molecule has 0 unspecified atom stereocenters. The molecule has 15 heavy (non-hydrogen) atoms. The number of thioether (sulfide) groups is 1. The highest BCUT2D eigenvalue weighted by Gasteiger charge is 1.97. The van der Waals surface area contributed by atoms with Gasteiger partial charge in [0.1, 0.15) is 5.82 Å². The minimum atomic E-state index is -0.189. The molecule has 1 N–H and O–H groups in total. The zero-order valence-corrected chi connectivity index (χ0v) is 9.74. The monoisotopic (exact) mass is 225 g/mol. The van der Waals surface area contributed by atoms with E-state index >= 15 is 0 Å². The van der Waals surface area contributed by atoms with Crippen LogP contribution in [0.25, 0.3) is 0 Å². The molecule has 0 radical (unpaired) electrons. The second-order valence-electron chi connectivity index (χ2n) is 3.27. The number of rotatable bonds is 6. The fourth-order valence-corrected chi connectivity index (χ4v) is 1.87. The van der Waals surface area contributed by atoms with Gasteiger partial charge in [-0.2, -0.15) is 0 Å². The highest BCUT2D eigenvalue weighted by Crippen LogP contribution is 2.19. The number of hydrogen-bond acceptors (Lipinski definition) is 2. The predicted molar refractivity (Wildman–Crippen MR) is 64.8 cm³/mol. The maximum absolute atomic E-state index is 12.6. The summed E-state index contributed by atoms with van der Waals surface area (Å²) < 4.78 is 12.6. The molecule has 0 aliphatic carbocycles. The highest BCUT2D eigenvalue weighted by atomic mass is 32.2. The first-order valence-corrected chi connectivity index (χ1v) is 5.96. The normalized spacial score (nSPS) is 10.3. The maximum atomic E-state index is 12.6. The third-order valence-electron chi connectivity index (χ3n) is 1.88. The van der Waals surface area contributed by atoms with Crippen LogP contribution in [0, 0.1) is 5.82 Å². The highest BCUT2D eigenvalue weighted by molar-refractivity contribution is 7.99. The third-order valence-corrected chi connectivity index (χ3v) is 3.04. The van der Waals surface area contributed by atoms with Gasteiger partial charge < -0.3 is 5.32 Å². The molecule has 0 bridgehead atoms. The van der Waals surface area contributed by atoms with Crippen LogP contribution < -0.4 is 5.32 Å². The number of hydrogen-bond donors (Lipinski definition) is 1. The third kappa shape index (κ3) is 5.00. The van der Waals surface area contributed by atoms with Crippen LogP contribution in [-0.2, 0) is 0 Å². The van der Waals surface area contributed by atoms with Crippen molar-refractivity contribution in [3.05, 3.63) is 42.2 Å². The first kappa shape index (κ1) is 12.3. The van der Waals surface area contributed by atoms with Gasteiger partial charge in [-0.1, -0.05) is 19.1 Å². The molecule has 0 heterocycles. The Hall–Kier alpha value is -0.800. The molecule has 1 aromatic carbocycles. The second-order valence-corrected chi connectivity index (χ2v) is 4.32. The van der Waals surface area contributed by atoms with Gasteiger partial charge in [0.15, 0.2) is 0 Å². The first-order valence-electron chi connectivity index (χ1n) is 4.98. The van der Waals surface area contributed by atoms with E-state index in [1.165, 1.54) is 12.1 Å². The van der Waals surface area contributed by atoms with Crippen molar-refractivity contribution in [2.24, 2.45) is 0 Å². The molecular weight excluding hydrogens is 209 g/mol. The smallest absolute Gasteiger partial charge is 0.123 e. The molecule has 0 aromatic heterocycles. The topological polar surface area (TPSA) is 12.0 Å². The zero-order valence-electron chi connectivity index (χ0n) is 8.92. The molecule has 1 aromatic rings. The largest absolute Gasteiger partial charge is 0.313 e. The Morgan fingerprint density at radius 1 is 1.40 bits per heavy atom. The van der Waals surface area contributed by atoms with Gasteiger partial charge >= 0.3 is 0 Å². The van der Waals surface area contributed by atoms with E-state index in [1.54, 1.807) is 23.9 Å². The van der Waals surface area contributed by atoms with Gasteiger partial charge in [0, 0.05) is 17.2 Å². The summed E-state index contributed by atoms with van der Waals surface area (Å²) in [6.45, 7) is 7.85. The molecule has 0 amide bonds. The van der Waals surface area contributed by atoms with Crippen LogP contribution in [0.2, 0.25) is 0 Å². The molecule has 0 spiro atoms. The number of benzene rings is 1. The van der Waals surface area contributed by atoms with E-state index in [9.17, 15) is 4.39 Å². The Labute approximate surface area is 94.8 Å². The van der Waals surface area contributed by atoms with E-state index in [0.29, 0.717) is 0 Å². The Kier molecular flexibility index (Phi) is 5.43. The van der Waals surface area contributed by atoms with Crippen LogP contribution in [-0.4, -0.2) is 18.8 Å². The molecule has 0 aliphatic rings. The lowest BCUT2D eigenvalue weighted by Crippen LogP contribution is -2.16. The standard InChI is InChI=1S/C12H16FNS/c1-3-14-8-10(2)9-15-12-6-4-11(13)5-7-12/h4-7,14H,2-3,8-9H2,1H3. The summed E-state index contributed by atoms with van der Waals surface area (Å²) in [4.78, 5) is 1.08. The quantitative estimate of drug-likeness (QED) is 0.590. The van der Waals surface area contributed by atoms with Crippen LogP contribution in [0.15, 0.2) is 41.3 Å². The summed E-state index contributed by atoms with van der Waals surface area (Å²) in [6.07, 6.45) is 0. The Morgan fingerprint density at radius 3 is 2.67 bits per heavy atom. The van der Waals surface area contributed by atoms with Crippen molar-refractivity contribution in [3.8, 4) is 0 Å². The van der Waals surface area contributed by atoms with Crippen molar-refractivity contribution in [1.82, 2.24) is 5.32 Å². The van der Waals surface area contributed by atoms with Crippen LogP contribution in [0.4, 0.5) is 4.39 Å². The van der Waals surface area contributed by atoms with Crippen molar-refractivity contribution in [3.63, 3.8) is 0 Å². The van der Waals surface area contributed by atoms with Crippen molar-refractivity contribution in [2.75, 3.05) is 18.8 Å². The van der Waals surface area contributed by atoms with Gasteiger partial charge in [0.05, 0.1) is 0 Å². The van der Waals surface area contributed by atoms with Gasteiger partial charge in [0.2, 0.25) is 0 Å². The summed E-state index contributed by atoms with van der Waals surface area (Å²) in [5.41, 5.74) is 1.16. The minimum Gasteiger partial charge on any atom is -0.313 e. The molecule has 0 saturated heterocycles. The molecule has 0 fully saturated rings. The van der Waals surface area contributed by atoms with E-state index < -0.39 is 0 Å². The number of halogens is 1. The SMILES string of the molecule is C=C(CNCC)CSc1ccc(F)cc1. The number of nitrogens with one attached hydrogen (secondary N) is 1. The van der Waals surface area contributed by atoms with Gasteiger partial charge in [-0.25, -0.2) is 4.39 Å². The van der Waals surface area contributed by atoms with E-state index in [4.69, 9.17) is 0 Å². The summed E-state index contributed by atoms with van der Waals surface area (Å²) in [6, 6.07) is 6.55. The molecule has 3 heteroatoms. The van der Waals surface area contributed by atoms with Gasteiger partial charge in [-0.05, 0) is 30.8 Å². The van der Waals surface area contributed by atoms with E-state index in [1.807, 2.05) is 0 Å². The fraction of sp³-hybridized carbons (Fsp3) is 0.333. The minimum absolute atomic E-state index is 0.189. The number of likely N-dealkylation sites (N-methyl/N-ethyl adjacent to an activating group) is 1. The maximum Gasteiger partial charge on any atom is 0.123 e. The molecule has 1 nitrogen and oxygen atoms in total. The zero-order chi connectivity index (χ0) is 11.1. The molecule has 0 atom stereocenters.